The zero-order valence-electron chi connectivity index (χ0n) is 12.2. The average Bonchev–Trinajstić information content (AvgIpc) is 2.79. The minimum atomic E-state index is -1.13. The van der Waals surface area contributed by atoms with Crippen LogP contribution in [0.15, 0.2) is 18.2 Å². The van der Waals surface area contributed by atoms with Gasteiger partial charge in [0.1, 0.15) is 11.4 Å². The van der Waals surface area contributed by atoms with E-state index >= 15 is 0 Å². The summed E-state index contributed by atoms with van der Waals surface area (Å²) in [4.78, 5) is 11.2. The monoisotopic (exact) mass is 290 g/mol. The number of aromatic carboxylic acids is 1. The van der Waals surface area contributed by atoms with E-state index in [0.29, 0.717) is 35.2 Å². The fraction of sp³-hybridized carbons (Fsp3) is 0.357. The molecule has 112 valence electrons. The van der Waals surface area contributed by atoms with Crippen LogP contribution in [-0.4, -0.2) is 32.7 Å². The molecule has 2 aromatic rings. The number of hydrogen-bond acceptors (Lipinski definition) is 5. The van der Waals surface area contributed by atoms with Crippen molar-refractivity contribution in [2.24, 2.45) is 13.0 Å². The highest BCUT2D eigenvalue weighted by Gasteiger charge is 2.19. The molecule has 0 bridgehead atoms. The molecule has 0 unspecified atom stereocenters. The van der Waals surface area contributed by atoms with Crippen molar-refractivity contribution in [2.75, 3.05) is 12.3 Å². The quantitative estimate of drug-likeness (QED) is 0.814. The molecule has 1 aromatic carbocycles. The van der Waals surface area contributed by atoms with Gasteiger partial charge >= 0.3 is 5.97 Å². The van der Waals surface area contributed by atoms with Gasteiger partial charge in [-0.3, -0.25) is 0 Å². The normalized spacial score (nSPS) is 10.9. The first kappa shape index (κ1) is 14.8. The van der Waals surface area contributed by atoms with Crippen LogP contribution in [0.3, 0.4) is 0 Å². The highest BCUT2D eigenvalue weighted by molar-refractivity contribution is 5.93. The Balaban J connectivity index is 2.36. The number of nitrogen functional groups attached to an aromatic ring is 1. The zero-order chi connectivity index (χ0) is 15.6. The maximum absolute atomic E-state index is 11.2. The Morgan fingerprint density at radius 1 is 1.48 bits per heavy atom. The molecule has 0 spiro atoms. The van der Waals surface area contributed by atoms with E-state index in [-0.39, 0.29) is 5.69 Å². The van der Waals surface area contributed by atoms with Gasteiger partial charge in [0.2, 0.25) is 0 Å². The van der Waals surface area contributed by atoms with E-state index in [0.717, 1.165) is 0 Å². The number of hydrogen-bond donors (Lipinski definition) is 2. The van der Waals surface area contributed by atoms with Crippen molar-refractivity contribution in [1.29, 1.82) is 0 Å². The van der Waals surface area contributed by atoms with E-state index in [1.54, 1.807) is 25.2 Å². The first-order valence-electron chi connectivity index (χ1n) is 6.55. The smallest absolute Gasteiger partial charge is 0.358 e. The summed E-state index contributed by atoms with van der Waals surface area (Å²) in [6.07, 6.45) is 0. The minimum absolute atomic E-state index is 0.104. The number of carbonyl (C=O) groups is 1. The van der Waals surface area contributed by atoms with Crippen molar-refractivity contribution in [1.82, 2.24) is 15.0 Å². The summed E-state index contributed by atoms with van der Waals surface area (Å²) in [5.74, 6) is -0.153. The summed E-state index contributed by atoms with van der Waals surface area (Å²) in [5.41, 5.74) is 7.35. The number of carboxylic acids is 1. The van der Waals surface area contributed by atoms with Gasteiger partial charge in [0.05, 0.1) is 12.3 Å². The number of aryl methyl sites for hydroxylation is 1. The lowest BCUT2D eigenvalue weighted by molar-refractivity contribution is 0.0691. The van der Waals surface area contributed by atoms with Gasteiger partial charge in [-0.05, 0) is 24.1 Å². The minimum Gasteiger partial charge on any atom is -0.491 e. The predicted octanol–water partition coefficient (Wildman–Crippen LogP) is 1.80. The van der Waals surface area contributed by atoms with Crippen LogP contribution < -0.4 is 10.5 Å². The highest BCUT2D eigenvalue weighted by atomic mass is 16.5. The van der Waals surface area contributed by atoms with Crippen LogP contribution in [0.25, 0.3) is 11.3 Å². The number of aromatic nitrogens is 3. The second kappa shape index (κ2) is 5.82. The molecule has 0 aliphatic heterocycles. The molecule has 7 nitrogen and oxygen atoms in total. The Morgan fingerprint density at radius 3 is 2.76 bits per heavy atom. The third kappa shape index (κ3) is 3.13. The maximum Gasteiger partial charge on any atom is 0.358 e. The summed E-state index contributed by atoms with van der Waals surface area (Å²) < 4.78 is 7.01. The Bertz CT molecular complexity index is 664. The van der Waals surface area contributed by atoms with Crippen molar-refractivity contribution >= 4 is 11.7 Å². The van der Waals surface area contributed by atoms with Crippen molar-refractivity contribution < 1.29 is 14.6 Å². The second-order valence-electron chi connectivity index (χ2n) is 5.17. The molecule has 21 heavy (non-hydrogen) atoms. The van der Waals surface area contributed by atoms with Crippen LogP contribution >= 0.6 is 0 Å². The van der Waals surface area contributed by atoms with E-state index in [9.17, 15) is 4.79 Å². The number of nitrogens with zero attached hydrogens (tertiary/aromatic N) is 3. The lowest BCUT2D eigenvalue weighted by Gasteiger charge is -2.12. The lowest BCUT2D eigenvalue weighted by Crippen LogP contribution is -2.06. The average molecular weight is 290 g/mol. The molecule has 0 saturated carbocycles. The third-order valence-corrected chi connectivity index (χ3v) is 2.88. The van der Waals surface area contributed by atoms with E-state index in [1.165, 1.54) is 4.68 Å². The fourth-order valence-electron chi connectivity index (χ4n) is 1.91. The second-order valence-corrected chi connectivity index (χ2v) is 5.17. The van der Waals surface area contributed by atoms with E-state index < -0.39 is 5.97 Å². The van der Waals surface area contributed by atoms with Gasteiger partial charge in [0.15, 0.2) is 5.69 Å². The highest BCUT2D eigenvalue weighted by Crippen LogP contribution is 2.29. The van der Waals surface area contributed by atoms with Crippen LogP contribution in [0.5, 0.6) is 5.75 Å². The van der Waals surface area contributed by atoms with Crippen molar-refractivity contribution in [3.05, 3.63) is 23.9 Å². The number of ether oxygens (including phenoxy) is 1. The van der Waals surface area contributed by atoms with Crippen LogP contribution in [0.4, 0.5) is 5.69 Å². The third-order valence-electron chi connectivity index (χ3n) is 2.88. The van der Waals surface area contributed by atoms with Gasteiger partial charge in [-0.2, -0.15) is 0 Å². The predicted molar refractivity (Wildman–Crippen MR) is 78.1 cm³/mol. The van der Waals surface area contributed by atoms with Gasteiger partial charge in [0, 0.05) is 12.6 Å². The van der Waals surface area contributed by atoms with Crippen molar-refractivity contribution in [3.8, 4) is 17.0 Å². The van der Waals surface area contributed by atoms with Gasteiger partial charge in [-0.25, -0.2) is 9.48 Å². The van der Waals surface area contributed by atoms with E-state index in [2.05, 4.69) is 10.3 Å². The fourth-order valence-corrected chi connectivity index (χ4v) is 1.91. The lowest BCUT2D eigenvalue weighted by atomic mass is 10.1. The first-order valence-corrected chi connectivity index (χ1v) is 6.55. The summed E-state index contributed by atoms with van der Waals surface area (Å²) in [6.45, 7) is 4.66. The summed E-state index contributed by atoms with van der Waals surface area (Å²) in [5, 5.41) is 16.5. The number of carboxylic acid groups (broad SMARTS) is 1. The van der Waals surface area contributed by atoms with Crippen molar-refractivity contribution in [3.63, 3.8) is 0 Å². The Hall–Kier alpha value is -2.57. The Morgan fingerprint density at radius 2 is 2.19 bits per heavy atom. The van der Waals surface area contributed by atoms with Crippen LogP contribution in [-0.2, 0) is 7.05 Å². The summed E-state index contributed by atoms with van der Waals surface area (Å²) in [6, 6.07) is 5.14. The summed E-state index contributed by atoms with van der Waals surface area (Å²) >= 11 is 0. The maximum atomic E-state index is 11.2. The SMILES string of the molecule is CC(C)COc1ccc(-c2c(C(=O)O)nnn2C)cc1N. The van der Waals surface area contributed by atoms with Crippen LogP contribution in [0.2, 0.25) is 0 Å². The number of nitrogens with two attached hydrogens (primary N) is 1. The largest absolute Gasteiger partial charge is 0.491 e. The zero-order valence-corrected chi connectivity index (χ0v) is 12.2. The van der Waals surface area contributed by atoms with E-state index in [1.807, 2.05) is 13.8 Å². The molecule has 2 rings (SSSR count). The van der Waals surface area contributed by atoms with Crippen molar-refractivity contribution in [2.45, 2.75) is 13.8 Å². The van der Waals surface area contributed by atoms with Crippen LogP contribution in [0, 0.1) is 5.92 Å². The molecule has 0 radical (unpaired) electrons. The summed E-state index contributed by atoms with van der Waals surface area (Å²) in [7, 11) is 1.63. The van der Waals surface area contributed by atoms with E-state index in [4.69, 9.17) is 15.6 Å². The molecule has 0 fully saturated rings. The van der Waals surface area contributed by atoms with Gasteiger partial charge in [0.25, 0.3) is 0 Å². The topological polar surface area (TPSA) is 103 Å². The number of anilines is 1. The molecule has 3 N–H and O–H groups in total. The molecule has 0 saturated heterocycles. The molecular formula is C14H18N4O3. The van der Waals surface area contributed by atoms with Gasteiger partial charge < -0.3 is 15.6 Å². The molecular weight excluding hydrogens is 272 g/mol. The first-order chi connectivity index (χ1) is 9.90. The van der Waals surface area contributed by atoms with Crippen LogP contribution in [0.1, 0.15) is 24.3 Å². The Kier molecular flexibility index (Phi) is 4.11. The molecule has 0 aliphatic rings. The Labute approximate surface area is 122 Å². The standard InChI is InChI=1S/C14H18N4O3/c1-8(2)7-21-11-5-4-9(6-10(11)15)13-12(14(19)20)16-17-18(13)3/h4-6,8H,7,15H2,1-3H3,(H,19,20). The van der Waals surface area contributed by atoms with Gasteiger partial charge in [-0.15, -0.1) is 5.10 Å². The molecule has 1 heterocycles. The van der Waals surface area contributed by atoms with Gasteiger partial charge in [-0.1, -0.05) is 19.1 Å². The molecule has 7 heteroatoms. The molecule has 0 amide bonds. The molecule has 0 aliphatic carbocycles. The molecule has 0 atom stereocenters. The molecule has 1 aromatic heterocycles. The number of benzene rings is 1. The number of rotatable bonds is 5.